The van der Waals surface area contributed by atoms with Gasteiger partial charge in [-0.15, -0.1) is 0 Å². The van der Waals surface area contributed by atoms with Gasteiger partial charge in [0.15, 0.2) is 0 Å². The number of carbonyl (C=O) groups is 3. The molecule has 0 aliphatic carbocycles. The molecule has 6 nitrogen and oxygen atoms in total. The van der Waals surface area contributed by atoms with Crippen LogP contribution in [0.25, 0.3) is 0 Å². The summed E-state index contributed by atoms with van der Waals surface area (Å²) < 4.78 is 9.20. The first-order chi connectivity index (χ1) is 9.04. The van der Waals surface area contributed by atoms with Crippen molar-refractivity contribution in [1.29, 1.82) is 0 Å². The Bertz CT molecular complexity index is 476. The summed E-state index contributed by atoms with van der Waals surface area (Å²) in [6.07, 6.45) is 0.615. The Labute approximate surface area is 118 Å². The lowest BCUT2D eigenvalue weighted by molar-refractivity contribution is -0.139. The fourth-order valence-electron chi connectivity index (χ4n) is 2.82. The third-order valence-corrected chi connectivity index (χ3v) is 3.27. The molecule has 0 aromatic heterocycles. The SMILES string of the molecule is CCOC(=O)OC(=O)C1=CC(C)(C)N(C(C)=O)C1(C)C. The van der Waals surface area contributed by atoms with Gasteiger partial charge < -0.3 is 14.4 Å². The molecule has 0 spiro atoms. The summed E-state index contributed by atoms with van der Waals surface area (Å²) in [5.41, 5.74) is -1.21. The monoisotopic (exact) mass is 283 g/mol. The van der Waals surface area contributed by atoms with Crippen LogP contribution in [0.15, 0.2) is 11.6 Å². The highest BCUT2D eigenvalue weighted by Gasteiger charge is 2.50. The summed E-state index contributed by atoms with van der Waals surface area (Å²) in [6, 6.07) is 0. The van der Waals surface area contributed by atoms with Gasteiger partial charge in [0.05, 0.1) is 23.3 Å². The van der Waals surface area contributed by atoms with Crippen molar-refractivity contribution in [1.82, 2.24) is 4.90 Å². The molecule has 112 valence electrons. The Balaban J connectivity index is 3.04. The quantitative estimate of drug-likeness (QED) is 0.572. The van der Waals surface area contributed by atoms with Gasteiger partial charge in [0.25, 0.3) is 0 Å². The lowest BCUT2D eigenvalue weighted by atomic mass is 9.95. The number of esters is 1. The summed E-state index contributed by atoms with van der Waals surface area (Å²) in [6.45, 7) is 10.3. The highest BCUT2D eigenvalue weighted by atomic mass is 16.7. The van der Waals surface area contributed by atoms with E-state index in [0.717, 1.165) is 0 Å². The Morgan fingerprint density at radius 2 is 1.75 bits per heavy atom. The lowest BCUT2D eigenvalue weighted by Crippen LogP contribution is -2.53. The maximum absolute atomic E-state index is 12.1. The van der Waals surface area contributed by atoms with Crippen LogP contribution < -0.4 is 0 Å². The highest BCUT2D eigenvalue weighted by Crippen LogP contribution is 2.40. The van der Waals surface area contributed by atoms with Crippen LogP contribution in [-0.4, -0.2) is 40.6 Å². The Kier molecular flexibility index (Phi) is 4.27. The maximum atomic E-state index is 12.1. The standard InChI is InChI=1S/C14H21NO5/c1-7-19-12(18)20-11(17)10-8-13(3,4)15(9(2)16)14(10,5)6/h8H,7H2,1-6H3. The van der Waals surface area contributed by atoms with E-state index in [4.69, 9.17) is 0 Å². The molecule has 0 saturated carbocycles. The zero-order chi connectivity index (χ0) is 15.7. The average molecular weight is 283 g/mol. The minimum absolute atomic E-state index is 0.125. The molecule has 0 saturated heterocycles. The van der Waals surface area contributed by atoms with E-state index in [1.165, 1.54) is 6.92 Å². The van der Waals surface area contributed by atoms with Crippen molar-refractivity contribution in [3.63, 3.8) is 0 Å². The molecule has 0 N–H and O–H groups in total. The summed E-state index contributed by atoms with van der Waals surface area (Å²) in [7, 11) is 0. The normalized spacial score (nSPS) is 19.3. The molecular weight excluding hydrogens is 262 g/mol. The molecule has 1 amide bonds. The van der Waals surface area contributed by atoms with Gasteiger partial charge >= 0.3 is 12.1 Å². The number of hydrogen-bond acceptors (Lipinski definition) is 5. The fraction of sp³-hybridized carbons (Fsp3) is 0.643. The van der Waals surface area contributed by atoms with Crippen molar-refractivity contribution in [3.8, 4) is 0 Å². The second-order valence-corrected chi connectivity index (χ2v) is 5.70. The fourth-order valence-corrected chi connectivity index (χ4v) is 2.82. The first-order valence-corrected chi connectivity index (χ1v) is 6.47. The topological polar surface area (TPSA) is 72.9 Å². The largest absolute Gasteiger partial charge is 0.516 e. The van der Waals surface area contributed by atoms with Crippen molar-refractivity contribution in [2.24, 2.45) is 0 Å². The van der Waals surface area contributed by atoms with E-state index in [1.54, 1.807) is 31.7 Å². The molecule has 0 bridgehead atoms. The lowest BCUT2D eigenvalue weighted by Gasteiger charge is -2.40. The minimum Gasteiger partial charge on any atom is -0.434 e. The first kappa shape index (κ1) is 16.2. The number of ether oxygens (including phenoxy) is 2. The number of amides is 1. The molecule has 6 heteroatoms. The van der Waals surface area contributed by atoms with Crippen LogP contribution in [0, 0.1) is 0 Å². The second kappa shape index (κ2) is 5.26. The molecular formula is C14H21NO5. The van der Waals surface area contributed by atoms with Gasteiger partial charge in [-0.05, 0) is 40.7 Å². The van der Waals surface area contributed by atoms with Gasteiger partial charge in [-0.3, -0.25) is 4.79 Å². The van der Waals surface area contributed by atoms with Gasteiger partial charge in [-0.1, -0.05) is 0 Å². The molecule has 0 fully saturated rings. The van der Waals surface area contributed by atoms with E-state index >= 15 is 0 Å². The molecule has 0 radical (unpaired) electrons. The average Bonchev–Trinajstić information content (AvgIpc) is 2.43. The molecule has 1 aliphatic rings. The van der Waals surface area contributed by atoms with E-state index < -0.39 is 23.2 Å². The van der Waals surface area contributed by atoms with E-state index in [9.17, 15) is 14.4 Å². The summed E-state index contributed by atoms with van der Waals surface area (Å²) in [5, 5.41) is 0. The number of nitrogens with zero attached hydrogens (tertiary/aromatic N) is 1. The number of carbonyl (C=O) groups excluding carboxylic acids is 3. The van der Waals surface area contributed by atoms with E-state index in [0.29, 0.717) is 0 Å². The molecule has 1 aliphatic heterocycles. The van der Waals surface area contributed by atoms with Gasteiger partial charge in [0.2, 0.25) is 5.91 Å². The minimum atomic E-state index is -1.03. The van der Waals surface area contributed by atoms with Crippen molar-refractivity contribution in [3.05, 3.63) is 11.6 Å². The van der Waals surface area contributed by atoms with Gasteiger partial charge in [0, 0.05) is 6.92 Å². The summed E-state index contributed by atoms with van der Waals surface area (Å²) >= 11 is 0. The predicted octanol–water partition coefficient (Wildman–Crippen LogP) is 2.03. The third-order valence-electron chi connectivity index (χ3n) is 3.27. The zero-order valence-corrected chi connectivity index (χ0v) is 12.8. The van der Waals surface area contributed by atoms with Crippen LogP contribution in [0.1, 0.15) is 41.5 Å². The van der Waals surface area contributed by atoms with Crippen LogP contribution in [0.5, 0.6) is 0 Å². The molecule has 0 unspecified atom stereocenters. The van der Waals surface area contributed by atoms with Crippen LogP contribution >= 0.6 is 0 Å². The van der Waals surface area contributed by atoms with Crippen molar-refractivity contribution in [2.45, 2.75) is 52.6 Å². The predicted molar refractivity (Wildman–Crippen MR) is 71.9 cm³/mol. The summed E-state index contributed by atoms with van der Waals surface area (Å²) in [5.74, 6) is -0.944. The van der Waals surface area contributed by atoms with E-state index in [-0.39, 0.29) is 18.1 Å². The molecule has 0 aromatic carbocycles. The number of hydrogen-bond donors (Lipinski definition) is 0. The Morgan fingerprint density at radius 1 is 1.20 bits per heavy atom. The van der Waals surface area contributed by atoms with Crippen LogP contribution in [0.2, 0.25) is 0 Å². The van der Waals surface area contributed by atoms with E-state index in [2.05, 4.69) is 9.47 Å². The first-order valence-electron chi connectivity index (χ1n) is 6.47. The zero-order valence-electron chi connectivity index (χ0n) is 12.8. The summed E-state index contributed by atoms with van der Waals surface area (Å²) in [4.78, 5) is 36.7. The Morgan fingerprint density at radius 3 is 2.15 bits per heavy atom. The van der Waals surface area contributed by atoms with Crippen LogP contribution in [0.4, 0.5) is 4.79 Å². The number of rotatable bonds is 2. The van der Waals surface area contributed by atoms with Crippen LogP contribution in [0.3, 0.4) is 0 Å². The van der Waals surface area contributed by atoms with Crippen molar-refractivity contribution in [2.75, 3.05) is 6.61 Å². The molecule has 0 atom stereocenters. The molecule has 1 heterocycles. The molecule has 0 aromatic rings. The second-order valence-electron chi connectivity index (χ2n) is 5.70. The van der Waals surface area contributed by atoms with Gasteiger partial charge in [-0.2, -0.15) is 0 Å². The molecule has 20 heavy (non-hydrogen) atoms. The van der Waals surface area contributed by atoms with E-state index in [1.807, 2.05) is 13.8 Å². The highest BCUT2D eigenvalue weighted by molar-refractivity contribution is 5.98. The Hall–Kier alpha value is -1.85. The molecule has 1 rings (SSSR count). The van der Waals surface area contributed by atoms with Crippen LogP contribution in [-0.2, 0) is 19.1 Å². The van der Waals surface area contributed by atoms with Crippen molar-refractivity contribution < 1.29 is 23.9 Å². The van der Waals surface area contributed by atoms with Crippen molar-refractivity contribution >= 4 is 18.0 Å². The smallest absolute Gasteiger partial charge is 0.434 e. The van der Waals surface area contributed by atoms with Gasteiger partial charge in [0.1, 0.15) is 0 Å². The third kappa shape index (κ3) is 2.84. The maximum Gasteiger partial charge on any atom is 0.516 e. The van der Waals surface area contributed by atoms with Gasteiger partial charge in [-0.25, -0.2) is 9.59 Å².